The quantitative estimate of drug-likeness (QED) is 0.712. The van der Waals surface area contributed by atoms with Crippen LogP contribution in [0, 0.1) is 0 Å². The van der Waals surface area contributed by atoms with Crippen LogP contribution in [0.2, 0.25) is 0 Å². The molecule has 9 heteroatoms. The average Bonchev–Trinajstić information content (AvgIpc) is 3.05. The molecule has 1 fully saturated rings. The van der Waals surface area contributed by atoms with Gasteiger partial charge in [0.25, 0.3) is 5.91 Å². The summed E-state index contributed by atoms with van der Waals surface area (Å²) in [5, 5.41) is 14.7. The van der Waals surface area contributed by atoms with Crippen LogP contribution in [0.25, 0.3) is 0 Å². The van der Waals surface area contributed by atoms with E-state index in [-0.39, 0.29) is 11.7 Å². The van der Waals surface area contributed by atoms with E-state index in [4.69, 9.17) is 5.73 Å². The highest BCUT2D eigenvalue weighted by molar-refractivity contribution is 7.11. The van der Waals surface area contributed by atoms with E-state index >= 15 is 0 Å². The van der Waals surface area contributed by atoms with Gasteiger partial charge < -0.3 is 20.9 Å². The summed E-state index contributed by atoms with van der Waals surface area (Å²) in [6, 6.07) is 0.295. The van der Waals surface area contributed by atoms with Gasteiger partial charge in [0.2, 0.25) is 0 Å². The second-order valence-corrected chi connectivity index (χ2v) is 5.83. The maximum absolute atomic E-state index is 12.2. The molecule has 8 nitrogen and oxygen atoms in total. The van der Waals surface area contributed by atoms with Crippen LogP contribution in [0.3, 0.4) is 0 Å². The fourth-order valence-electron chi connectivity index (χ4n) is 1.95. The average molecular weight is 307 g/mol. The highest BCUT2D eigenvalue weighted by Crippen LogP contribution is 2.28. The van der Waals surface area contributed by atoms with E-state index in [1.165, 1.54) is 11.5 Å². The summed E-state index contributed by atoms with van der Waals surface area (Å²) in [5.74, 6) is 1.01. The molecule has 112 valence electrons. The molecule has 3 rings (SSSR count). The molecule has 0 radical (unpaired) electrons. The SMILES string of the molecule is Cn1cnnc1CCNc1snc(N)c1C(=O)NC1CC1. The lowest BCUT2D eigenvalue weighted by Gasteiger charge is -2.07. The Labute approximate surface area is 125 Å². The number of amides is 1. The second-order valence-electron chi connectivity index (χ2n) is 5.05. The summed E-state index contributed by atoms with van der Waals surface area (Å²) < 4.78 is 5.93. The Balaban J connectivity index is 1.62. The maximum Gasteiger partial charge on any atom is 0.258 e. The molecule has 0 saturated heterocycles. The third-order valence-electron chi connectivity index (χ3n) is 3.30. The zero-order valence-electron chi connectivity index (χ0n) is 11.7. The molecule has 0 aromatic carbocycles. The minimum atomic E-state index is -0.148. The van der Waals surface area contributed by atoms with Crippen LogP contribution < -0.4 is 16.4 Å². The van der Waals surface area contributed by atoms with Crippen LogP contribution in [-0.2, 0) is 13.5 Å². The number of aryl methyl sites for hydroxylation is 1. The third-order valence-corrected chi connectivity index (χ3v) is 4.12. The van der Waals surface area contributed by atoms with Crippen LogP contribution in [0.5, 0.6) is 0 Å². The Kier molecular flexibility index (Phi) is 3.74. The lowest BCUT2D eigenvalue weighted by Crippen LogP contribution is -2.26. The number of nitrogens with one attached hydrogen (secondary N) is 2. The first-order valence-corrected chi connectivity index (χ1v) is 7.55. The van der Waals surface area contributed by atoms with Crippen molar-refractivity contribution in [2.45, 2.75) is 25.3 Å². The van der Waals surface area contributed by atoms with Crippen molar-refractivity contribution in [1.82, 2.24) is 24.5 Å². The number of nitrogens with zero attached hydrogens (tertiary/aromatic N) is 4. The summed E-state index contributed by atoms with van der Waals surface area (Å²) in [7, 11) is 1.90. The number of nitrogen functional groups attached to an aromatic ring is 1. The molecule has 1 aliphatic rings. The minimum Gasteiger partial charge on any atom is -0.382 e. The van der Waals surface area contributed by atoms with E-state index in [0.29, 0.717) is 29.6 Å². The lowest BCUT2D eigenvalue weighted by molar-refractivity contribution is 0.0953. The van der Waals surface area contributed by atoms with Crippen LogP contribution in [0.1, 0.15) is 29.0 Å². The molecule has 2 heterocycles. The van der Waals surface area contributed by atoms with E-state index < -0.39 is 0 Å². The molecule has 0 aliphatic heterocycles. The smallest absolute Gasteiger partial charge is 0.258 e. The van der Waals surface area contributed by atoms with Gasteiger partial charge in [-0.2, -0.15) is 4.37 Å². The highest BCUT2D eigenvalue weighted by atomic mass is 32.1. The number of carbonyl (C=O) groups is 1. The van der Waals surface area contributed by atoms with Gasteiger partial charge in [0.05, 0.1) is 0 Å². The Morgan fingerprint density at radius 3 is 3.05 bits per heavy atom. The predicted octanol–water partition coefficient (Wildman–Crippen LogP) is 0.401. The largest absolute Gasteiger partial charge is 0.382 e. The molecule has 0 bridgehead atoms. The molecule has 1 saturated carbocycles. The van der Waals surface area contributed by atoms with Gasteiger partial charge in [0.1, 0.15) is 22.7 Å². The van der Waals surface area contributed by atoms with Crippen LogP contribution in [-0.4, -0.2) is 37.6 Å². The Bertz CT molecular complexity index is 646. The van der Waals surface area contributed by atoms with Crippen molar-refractivity contribution < 1.29 is 4.79 Å². The first-order chi connectivity index (χ1) is 10.1. The summed E-state index contributed by atoms with van der Waals surface area (Å²) in [6.45, 7) is 0.637. The molecule has 0 spiro atoms. The number of nitrogens with two attached hydrogens (primary N) is 1. The standard InChI is InChI=1S/C12H17N7OS/c1-19-6-15-17-8(19)4-5-14-12-9(10(13)18-21-12)11(20)16-7-2-3-7/h6-7,14H,2-5H2,1H3,(H2,13,18)(H,16,20). The number of aromatic nitrogens is 4. The number of anilines is 2. The molecule has 0 atom stereocenters. The number of hydrogen-bond acceptors (Lipinski definition) is 7. The molecule has 2 aromatic heterocycles. The Morgan fingerprint density at radius 2 is 2.38 bits per heavy atom. The first kappa shape index (κ1) is 13.8. The predicted molar refractivity (Wildman–Crippen MR) is 80.2 cm³/mol. The van der Waals surface area contributed by atoms with E-state index in [0.717, 1.165) is 18.7 Å². The Hall–Kier alpha value is -2.16. The van der Waals surface area contributed by atoms with Gasteiger partial charge in [-0.1, -0.05) is 0 Å². The first-order valence-electron chi connectivity index (χ1n) is 6.78. The molecule has 21 heavy (non-hydrogen) atoms. The van der Waals surface area contributed by atoms with E-state index in [1.54, 1.807) is 6.33 Å². The lowest BCUT2D eigenvalue weighted by atomic mass is 10.2. The van der Waals surface area contributed by atoms with Gasteiger partial charge in [0, 0.05) is 26.1 Å². The topological polar surface area (TPSA) is 111 Å². The minimum absolute atomic E-state index is 0.148. The summed E-state index contributed by atoms with van der Waals surface area (Å²) >= 11 is 1.20. The monoisotopic (exact) mass is 307 g/mol. The normalized spacial score (nSPS) is 14.1. The van der Waals surface area contributed by atoms with Gasteiger partial charge in [-0.05, 0) is 24.4 Å². The van der Waals surface area contributed by atoms with Crippen molar-refractivity contribution in [2.24, 2.45) is 7.05 Å². The zero-order chi connectivity index (χ0) is 14.8. The third kappa shape index (κ3) is 3.13. The van der Waals surface area contributed by atoms with Crippen LogP contribution in [0.4, 0.5) is 10.8 Å². The van der Waals surface area contributed by atoms with Crippen molar-refractivity contribution in [3.8, 4) is 0 Å². The molecule has 1 amide bonds. The van der Waals surface area contributed by atoms with Gasteiger partial charge in [-0.3, -0.25) is 4.79 Å². The fraction of sp³-hybridized carbons (Fsp3) is 0.500. The number of hydrogen-bond donors (Lipinski definition) is 3. The van der Waals surface area contributed by atoms with Gasteiger partial charge in [0.15, 0.2) is 5.82 Å². The van der Waals surface area contributed by atoms with Crippen molar-refractivity contribution >= 4 is 28.3 Å². The zero-order valence-corrected chi connectivity index (χ0v) is 12.5. The van der Waals surface area contributed by atoms with Crippen LogP contribution in [0.15, 0.2) is 6.33 Å². The van der Waals surface area contributed by atoms with Crippen molar-refractivity contribution in [3.63, 3.8) is 0 Å². The summed E-state index contributed by atoms with van der Waals surface area (Å²) in [5.41, 5.74) is 6.25. The van der Waals surface area contributed by atoms with Gasteiger partial charge >= 0.3 is 0 Å². The van der Waals surface area contributed by atoms with Gasteiger partial charge in [-0.15, -0.1) is 10.2 Å². The number of carbonyl (C=O) groups excluding carboxylic acids is 1. The van der Waals surface area contributed by atoms with Crippen molar-refractivity contribution in [1.29, 1.82) is 0 Å². The van der Waals surface area contributed by atoms with Crippen LogP contribution >= 0.6 is 11.5 Å². The Morgan fingerprint density at radius 1 is 1.57 bits per heavy atom. The van der Waals surface area contributed by atoms with E-state index in [2.05, 4.69) is 25.2 Å². The van der Waals surface area contributed by atoms with Crippen molar-refractivity contribution in [3.05, 3.63) is 17.7 Å². The molecular formula is C12H17N7OS. The summed E-state index contributed by atoms with van der Waals surface area (Å²) in [6.07, 6.45) is 4.45. The molecule has 4 N–H and O–H groups in total. The highest BCUT2D eigenvalue weighted by Gasteiger charge is 2.27. The fourth-order valence-corrected chi connectivity index (χ4v) is 2.69. The molecular weight excluding hydrogens is 290 g/mol. The van der Waals surface area contributed by atoms with Crippen molar-refractivity contribution in [2.75, 3.05) is 17.6 Å². The van der Waals surface area contributed by atoms with E-state index in [9.17, 15) is 4.79 Å². The van der Waals surface area contributed by atoms with E-state index in [1.807, 2.05) is 11.6 Å². The van der Waals surface area contributed by atoms with Gasteiger partial charge in [-0.25, -0.2) is 0 Å². The summed E-state index contributed by atoms with van der Waals surface area (Å²) in [4.78, 5) is 12.2. The molecule has 0 unspecified atom stereocenters. The second kappa shape index (κ2) is 5.68. The maximum atomic E-state index is 12.2. The number of rotatable bonds is 6. The molecule has 1 aliphatic carbocycles. The molecule has 2 aromatic rings.